The Balaban J connectivity index is 2.23. The first-order chi connectivity index (χ1) is 5.39. The van der Waals surface area contributed by atoms with Crippen LogP contribution in [0.3, 0.4) is 0 Å². The van der Waals surface area contributed by atoms with Crippen LogP contribution in [0.1, 0.15) is 19.3 Å². The zero-order valence-electron chi connectivity index (χ0n) is 6.31. The maximum absolute atomic E-state index is 12.2. The van der Waals surface area contributed by atoms with Gasteiger partial charge in [-0.3, -0.25) is 0 Å². The first-order valence-electron chi connectivity index (χ1n) is 3.78. The van der Waals surface area contributed by atoms with Crippen LogP contribution in [0.15, 0.2) is 0 Å². The smallest absolute Gasteiger partial charge is 0.384 e. The Morgan fingerprint density at radius 2 is 1.83 bits per heavy atom. The highest BCUT2D eigenvalue weighted by molar-refractivity contribution is 4.82. The lowest BCUT2D eigenvalue weighted by atomic mass is 9.80. The zero-order chi connectivity index (χ0) is 9.35. The third-order valence-corrected chi connectivity index (χ3v) is 2.11. The monoisotopic (exact) mass is 186 g/mol. The Morgan fingerprint density at radius 3 is 2.17 bits per heavy atom. The van der Waals surface area contributed by atoms with Crippen LogP contribution >= 0.6 is 0 Å². The minimum atomic E-state index is -4.55. The molecular formula is C7H10F4O. The molecule has 0 aliphatic heterocycles. The van der Waals surface area contributed by atoms with E-state index >= 15 is 0 Å². The molecule has 1 N–H and O–H groups in total. The van der Waals surface area contributed by atoms with Gasteiger partial charge in [0.05, 0.1) is 0 Å². The van der Waals surface area contributed by atoms with Gasteiger partial charge in [0.15, 0.2) is 0 Å². The van der Waals surface area contributed by atoms with Crippen LogP contribution in [-0.4, -0.2) is 23.6 Å². The van der Waals surface area contributed by atoms with Crippen molar-refractivity contribution >= 4 is 0 Å². The van der Waals surface area contributed by atoms with E-state index in [1.165, 1.54) is 0 Å². The largest absolute Gasteiger partial charge is 0.414 e. The first-order valence-corrected chi connectivity index (χ1v) is 3.78. The van der Waals surface area contributed by atoms with Gasteiger partial charge < -0.3 is 5.11 Å². The molecule has 0 spiro atoms. The Labute approximate surface area is 67.4 Å². The van der Waals surface area contributed by atoms with Crippen molar-refractivity contribution in [1.29, 1.82) is 0 Å². The van der Waals surface area contributed by atoms with E-state index in [-0.39, 0.29) is 25.2 Å². The van der Waals surface area contributed by atoms with E-state index < -0.39 is 18.5 Å². The summed E-state index contributed by atoms with van der Waals surface area (Å²) in [6.45, 7) is 0. The second-order valence-corrected chi connectivity index (χ2v) is 3.23. The van der Waals surface area contributed by atoms with Crippen molar-refractivity contribution in [2.75, 3.05) is 0 Å². The van der Waals surface area contributed by atoms with Gasteiger partial charge in [0.1, 0.15) is 12.3 Å². The number of hydrogen-bond acceptors (Lipinski definition) is 1. The fraction of sp³-hybridized carbons (Fsp3) is 1.00. The lowest BCUT2D eigenvalue weighted by Gasteiger charge is -2.31. The molecule has 72 valence electrons. The molecule has 5 heteroatoms. The van der Waals surface area contributed by atoms with Crippen LogP contribution in [0.2, 0.25) is 0 Å². The molecule has 0 bridgehead atoms. The molecule has 1 rings (SSSR count). The van der Waals surface area contributed by atoms with Crippen LogP contribution < -0.4 is 0 Å². The second-order valence-electron chi connectivity index (χ2n) is 3.23. The molecule has 1 aliphatic carbocycles. The van der Waals surface area contributed by atoms with Crippen molar-refractivity contribution in [1.82, 2.24) is 0 Å². The predicted molar refractivity (Wildman–Crippen MR) is 34.3 cm³/mol. The normalized spacial score (nSPS) is 32.8. The van der Waals surface area contributed by atoms with Gasteiger partial charge in [-0.1, -0.05) is 0 Å². The van der Waals surface area contributed by atoms with Crippen LogP contribution in [0.25, 0.3) is 0 Å². The van der Waals surface area contributed by atoms with Crippen LogP contribution in [0.4, 0.5) is 17.6 Å². The third kappa shape index (κ3) is 2.33. The molecular weight excluding hydrogens is 176 g/mol. The van der Waals surface area contributed by atoms with Gasteiger partial charge in [-0.2, -0.15) is 13.2 Å². The fourth-order valence-electron chi connectivity index (χ4n) is 1.30. The van der Waals surface area contributed by atoms with Crippen molar-refractivity contribution in [2.24, 2.45) is 5.92 Å². The molecule has 0 saturated heterocycles. The molecule has 12 heavy (non-hydrogen) atoms. The van der Waals surface area contributed by atoms with Crippen molar-refractivity contribution in [3.05, 3.63) is 0 Å². The molecule has 0 aromatic rings. The number of aliphatic hydroxyl groups excluding tert-OH is 1. The summed E-state index contributed by atoms with van der Waals surface area (Å²) in [4.78, 5) is 0. The number of rotatable bonds is 2. The minimum Gasteiger partial charge on any atom is -0.384 e. The summed E-state index contributed by atoms with van der Waals surface area (Å²) in [5, 5.41) is 8.56. The van der Waals surface area contributed by atoms with E-state index in [1.807, 2.05) is 0 Å². The number of halogens is 4. The van der Waals surface area contributed by atoms with Gasteiger partial charge >= 0.3 is 6.18 Å². The Morgan fingerprint density at radius 1 is 1.33 bits per heavy atom. The fourth-order valence-corrected chi connectivity index (χ4v) is 1.30. The molecule has 0 aromatic carbocycles. The van der Waals surface area contributed by atoms with Crippen LogP contribution in [-0.2, 0) is 0 Å². The van der Waals surface area contributed by atoms with Gasteiger partial charge in [-0.15, -0.1) is 0 Å². The van der Waals surface area contributed by atoms with E-state index in [1.54, 1.807) is 0 Å². The maximum Gasteiger partial charge on any atom is 0.414 e. The first kappa shape index (κ1) is 9.77. The summed E-state index contributed by atoms with van der Waals surface area (Å²) in [5.74, 6) is -0.295. The van der Waals surface area contributed by atoms with E-state index in [9.17, 15) is 17.6 Å². The summed E-state index contributed by atoms with van der Waals surface area (Å²) in [7, 11) is 0. The summed E-state index contributed by atoms with van der Waals surface area (Å²) in [5.41, 5.74) is 0. The molecule has 1 aliphatic rings. The Kier molecular flexibility index (Phi) is 2.61. The highest BCUT2D eigenvalue weighted by atomic mass is 19.4. The van der Waals surface area contributed by atoms with Crippen LogP contribution in [0.5, 0.6) is 0 Å². The molecule has 0 heterocycles. The molecule has 0 radical (unpaired) electrons. The minimum absolute atomic E-state index is 0.160. The van der Waals surface area contributed by atoms with Crippen molar-refractivity contribution in [2.45, 2.75) is 37.7 Å². The highest BCUT2D eigenvalue weighted by Gasteiger charge is 2.42. The lowest BCUT2D eigenvalue weighted by molar-refractivity contribution is -0.211. The lowest BCUT2D eigenvalue weighted by Crippen LogP contribution is -2.35. The van der Waals surface area contributed by atoms with Gasteiger partial charge in [-0.25, -0.2) is 4.39 Å². The van der Waals surface area contributed by atoms with Gasteiger partial charge in [0.25, 0.3) is 0 Å². The second kappa shape index (κ2) is 3.20. The summed E-state index contributed by atoms with van der Waals surface area (Å²) >= 11 is 0. The quantitative estimate of drug-likeness (QED) is 0.654. The van der Waals surface area contributed by atoms with E-state index in [4.69, 9.17) is 5.11 Å². The molecule has 0 amide bonds. The summed E-state index contributed by atoms with van der Waals surface area (Å²) in [6, 6.07) is 0. The van der Waals surface area contributed by atoms with Gasteiger partial charge in [-0.05, 0) is 25.2 Å². The van der Waals surface area contributed by atoms with Crippen molar-refractivity contribution in [3.8, 4) is 0 Å². The molecule has 1 nitrogen and oxygen atoms in total. The highest BCUT2D eigenvalue weighted by Crippen LogP contribution is 2.36. The average molecular weight is 186 g/mol. The Bertz CT molecular complexity index is 150. The van der Waals surface area contributed by atoms with Crippen molar-refractivity contribution in [3.63, 3.8) is 0 Å². The number of alkyl halides is 4. The maximum atomic E-state index is 12.2. The Hall–Kier alpha value is -0.320. The van der Waals surface area contributed by atoms with E-state index in [2.05, 4.69) is 0 Å². The average Bonchev–Trinajstić information content (AvgIpc) is 1.82. The van der Waals surface area contributed by atoms with Crippen LogP contribution in [0, 0.1) is 5.92 Å². The number of hydrogen-bond donors (Lipinski definition) is 1. The van der Waals surface area contributed by atoms with E-state index in [0.717, 1.165) is 0 Å². The molecule has 1 saturated carbocycles. The van der Waals surface area contributed by atoms with Gasteiger partial charge in [0, 0.05) is 0 Å². The van der Waals surface area contributed by atoms with Crippen molar-refractivity contribution < 1.29 is 22.7 Å². The predicted octanol–water partition coefficient (Wildman–Crippen LogP) is 2.05. The standard InChI is InChI=1S/C7H10F4O/c8-5-1-4(2-5)3-6(12)7(9,10)11/h4-6,12H,1-3H2/t4?,5?,6-/m0/s1. The van der Waals surface area contributed by atoms with Gasteiger partial charge in [0.2, 0.25) is 0 Å². The summed E-state index contributed by atoms with van der Waals surface area (Å²) < 4.78 is 47.3. The molecule has 0 unspecified atom stereocenters. The molecule has 0 aromatic heterocycles. The third-order valence-electron chi connectivity index (χ3n) is 2.11. The SMILES string of the molecule is O[C@@H](CC1CC(F)C1)C(F)(F)F. The molecule has 1 fully saturated rings. The van der Waals surface area contributed by atoms with E-state index in [0.29, 0.717) is 0 Å². The topological polar surface area (TPSA) is 20.2 Å². The molecule has 1 atom stereocenters. The zero-order valence-corrected chi connectivity index (χ0v) is 6.31. The summed E-state index contributed by atoms with van der Waals surface area (Å²) in [6.07, 6.45) is -7.84. The number of aliphatic hydroxyl groups is 1.